The molecule has 0 saturated heterocycles. The van der Waals surface area contributed by atoms with Crippen molar-refractivity contribution in [3.63, 3.8) is 0 Å². The lowest BCUT2D eigenvalue weighted by molar-refractivity contribution is -0.137. The lowest BCUT2D eigenvalue weighted by Crippen LogP contribution is -1.99. The number of carboxylic acid groups (broad SMARTS) is 1. The topological polar surface area (TPSA) is 37.3 Å². The van der Waals surface area contributed by atoms with E-state index in [0.29, 0.717) is 17.0 Å². The molecule has 1 unspecified atom stereocenters. The summed E-state index contributed by atoms with van der Waals surface area (Å²) < 4.78 is 13.5. The summed E-state index contributed by atoms with van der Waals surface area (Å²) >= 11 is 5.82. The summed E-state index contributed by atoms with van der Waals surface area (Å²) in [4.78, 5) is 10.3. The van der Waals surface area contributed by atoms with Gasteiger partial charge in [-0.05, 0) is 42.5 Å². The molecular formula is C13H16ClFO2. The van der Waals surface area contributed by atoms with Crippen molar-refractivity contribution in [1.29, 1.82) is 0 Å². The van der Waals surface area contributed by atoms with E-state index in [1.54, 1.807) is 6.07 Å². The number of aliphatic carboxylic acids is 1. The molecule has 2 nitrogen and oxygen atoms in total. The lowest BCUT2D eigenvalue weighted by Gasteiger charge is -2.12. The smallest absolute Gasteiger partial charge is 0.303 e. The number of benzene rings is 1. The Labute approximate surface area is 105 Å². The molecule has 0 aliphatic carbocycles. The van der Waals surface area contributed by atoms with Crippen molar-refractivity contribution < 1.29 is 14.3 Å². The summed E-state index contributed by atoms with van der Waals surface area (Å²) in [5.41, 5.74) is 0.604. The van der Waals surface area contributed by atoms with E-state index in [4.69, 9.17) is 16.7 Å². The average Bonchev–Trinajstić information content (AvgIpc) is 2.27. The van der Waals surface area contributed by atoms with E-state index in [9.17, 15) is 9.18 Å². The molecule has 0 aromatic heterocycles. The maximum Gasteiger partial charge on any atom is 0.303 e. The molecule has 0 heterocycles. The number of carbonyl (C=O) groups is 1. The number of rotatable bonds is 6. The monoisotopic (exact) mass is 258 g/mol. The van der Waals surface area contributed by atoms with Gasteiger partial charge in [-0.25, -0.2) is 4.39 Å². The summed E-state index contributed by atoms with van der Waals surface area (Å²) in [7, 11) is 0. The highest BCUT2D eigenvalue weighted by atomic mass is 35.5. The van der Waals surface area contributed by atoms with Gasteiger partial charge in [0.05, 0.1) is 0 Å². The third kappa shape index (κ3) is 4.73. The van der Waals surface area contributed by atoms with Crippen LogP contribution >= 0.6 is 11.6 Å². The van der Waals surface area contributed by atoms with Gasteiger partial charge in [-0.3, -0.25) is 4.79 Å². The van der Waals surface area contributed by atoms with Crippen LogP contribution in [0, 0.1) is 5.82 Å². The molecule has 0 fully saturated rings. The van der Waals surface area contributed by atoms with Gasteiger partial charge in [0.1, 0.15) is 5.82 Å². The Morgan fingerprint density at radius 2 is 2.18 bits per heavy atom. The normalized spacial score (nSPS) is 12.4. The van der Waals surface area contributed by atoms with E-state index in [1.807, 2.05) is 6.92 Å². The molecule has 0 spiro atoms. The van der Waals surface area contributed by atoms with Crippen LogP contribution in [0.5, 0.6) is 0 Å². The molecule has 4 heteroatoms. The van der Waals surface area contributed by atoms with Gasteiger partial charge in [-0.15, -0.1) is 0 Å². The van der Waals surface area contributed by atoms with Gasteiger partial charge in [0.25, 0.3) is 0 Å². The highest BCUT2D eigenvalue weighted by Crippen LogP contribution is 2.26. The summed E-state index contributed by atoms with van der Waals surface area (Å²) in [6.07, 6.45) is 2.34. The van der Waals surface area contributed by atoms with Gasteiger partial charge in [0, 0.05) is 11.4 Å². The minimum Gasteiger partial charge on any atom is -0.481 e. The van der Waals surface area contributed by atoms with Gasteiger partial charge >= 0.3 is 5.97 Å². The first kappa shape index (κ1) is 14.0. The first-order chi connectivity index (χ1) is 8.00. The molecule has 0 bridgehead atoms. The van der Waals surface area contributed by atoms with Crippen molar-refractivity contribution in [3.8, 4) is 0 Å². The van der Waals surface area contributed by atoms with Crippen molar-refractivity contribution >= 4 is 17.6 Å². The van der Waals surface area contributed by atoms with Gasteiger partial charge in [-0.1, -0.05) is 24.9 Å². The minimum absolute atomic E-state index is 0.0579. The molecule has 0 amide bonds. The predicted octanol–water partition coefficient (Wildman–Crippen LogP) is 4.23. The summed E-state index contributed by atoms with van der Waals surface area (Å²) in [6, 6.07) is 4.53. The van der Waals surface area contributed by atoms with Crippen LogP contribution in [0.2, 0.25) is 5.02 Å². The van der Waals surface area contributed by atoms with Gasteiger partial charge in [0.2, 0.25) is 0 Å². The fourth-order valence-corrected chi connectivity index (χ4v) is 1.96. The Bertz CT molecular complexity index is 393. The van der Waals surface area contributed by atoms with E-state index in [2.05, 4.69) is 0 Å². The van der Waals surface area contributed by atoms with Crippen molar-refractivity contribution in [2.75, 3.05) is 0 Å². The van der Waals surface area contributed by atoms with E-state index in [1.165, 1.54) is 12.1 Å². The Hall–Kier alpha value is -1.09. The molecule has 1 aromatic rings. The zero-order chi connectivity index (χ0) is 12.8. The van der Waals surface area contributed by atoms with E-state index >= 15 is 0 Å². The fraction of sp³-hybridized carbons (Fsp3) is 0.462. The molecule has 1 aromatic carbocycles. The fourth-order valence-electron chi connectivity index (χ4n) is 1.77. The van der Waals surface area contributed by atoms with Gasteiger partial charge < -0.3 is 5.11 Å². The molecular weight excluding hydrogens is 243 g/mol. The van der Waals surface area contributed by atoms with Crippen LogP contribution in [-0.4, -0.2) is 11.1 Å². The van der Waals surface area contributed by atoms with Gasteiger partial charge in [-0.2, -0.15) is 0 Å². The largest absolute Gasteiger partial charge is 0.481 e. The quantitative estimate of drug-likeness (QED) is 0.776. The summed E-state index contributed by atoms with van der Waals surface area (Å²) in [5, 5.41) is 9.03. The van der Waals surface area contributed by atoms with Crippen LogP contribution < -0.4 is 0 Å². The van der Waals surface area contributed by atoms with Crippen LogP contribution in [0.25, 0.3) is 0 Å². The Balaban J connectivity index is 2.49. The Morgan fingerprint density at radius 1 is 1.47 bits per heavy atom. The van der Waals surface area contributed by atoms with Crippen LogP contribution in [0.3, 0.4) is 0 Å². The van der Waals surface area contributed by atoms with Crippen LogP contribution in [0.4, 0.5) is 4.39 Å². The second-order valence-electron chi connectivity index (χ2n) is 4.21. The maximum absolute atomic E-state index is 13.5. The SMILES string of the molecule is CC(CCCCC(=O)O)c1cc(Cl)ccc1F. The van der Waals surface area contributed by atoms with Crippen molar-refractivity contribution in [2.24, 2.45) is 0 Å². The second kappa shape index (κ2) is 6.60. The van der Waals surface area contributed by atoms with Crippen LogP contribution in [0.1, 0.15) is 44.1 Å². The van der Waals surface area contributed by atoms with Crippen molar-refractivity contribution in [3.05, 3.63) is 34.6 Å². The molecule has 0 saturated carbocycles. The van der Waals surface area contributed by atoms with Gasteiger partial charge in [0.15, 0.2) is 0 Å². The highest BCUT2D eigenvalue weighted by molar-refractivity contribution is 6.30. The van der Waals surface area contributed by atoms with Crippen molar-refractivity contribution in [2.45, 2.75) is 38.5 Å². The van der Waals surface area contributed by atoms with Crippen LogP contribution in [0.15, 0.2) is 18.2 Å². The molecule has 94 valence electrons. The first-order valence-corrected chi connectivity index (χ1v) is 6.05. The number of hydrogen-bond acceptors (Lipinski definition) is 1. The lowest BCUT2D eigenvalue weighted by atomic mass is 9.94. The Morgan fingerprint density at radius 3 is 2.82 bits per heavy atom. The zero-order valence-corrected chi connectivity index (χ0v) is 10.5. The number of hydrogen-bond donors (Lipinski definition) is 1. The van der Waals surface area contributed by atoms with E-state index in [0.717, 1.165) is 12.8 Å². The number of carboxylic acids is 1. The summed E-state index contributed by atoms with van der Waals surface area (Å²) in [5.74, 6) is -0.978. The third-order valence-electron chi connectivity index (χ3n) is 2.77. The Kier molecular flexibility index (Phi) is 5.42. The summed E-state index contributed by atoms with van der Waals surface area (Å²) in [6.45, 7) is 1.93. The average molecular weight is 259 g/mol. The second-order valence-corrected chi connectivity index (χ2v) is 4.64. The van der Waals surface area contributed by atoms with Crippen LogP contribution in [-0.2, 0) is 4.79 Å². The minimum atomic E-state index is -0.786. The van der Waals surface area contributed by atoms with E-state index < -0.39 is 5.97 Å². The molecule has 0 aliphatic heterocycles. The first-order valence-electron chi connectivity index (χ1n) is 5.67. The molecule has 1 rings (SSSR count). The molecule has 0 radical (unpaired) electrons. The highest BCUT2D eigenvalue weighted by Gasteiger charge is 2.11. The maximum atomic E-state index is 13.5. The predicted molar refractivity (Wildman–Crippen MR) is 65.9 cm³/mol. The van der Waals surface area contributed by atoms with E-state index in [-0.39, 0.29) is 18.2 Å². The third-order valence-corrected chi connectivity index (χ3v) is 3.00. The standard InChI is InChI=1S/C13H16ClFO2/c1-9(4-2-3-5-13(16)17)11-8-10(14)6-7-12(11)15/h6-9H,2-5H2,1H3,(H,16,17). The molecule has 0 aliphatic rings. The van der Waals surface area contributed by atoms with Crippen molar-refractivity contribution in [1.82, 2.24) is 0 Å². The molecule has 17 heavy (non-hydrogen) atoms. The molecule has 1 N–H and O–H groups in total. The molecule has 1 atom stereocenters. The number of unbranched alkanes of at least 4 members (excludes halogenated alkanes) is 1. The zero-order valence-electron chi connectivity index (χ0n) is 9.75. The number of halogens is 2.